The maximum Gasteiger partial charge on any atom is 0.0103 e. The van der Waals surface area contributed by atoms with Crippen molar-refractivity contribution in [2.75, 3.05) is 18.8 Å². The van der Waals surface area contributed by atoms with Gasteiger partial charge in [-0.25, -0.2) is 0 Å². The third kappa shape index (κ3) is 7.03. The zero-order valence-corrected chi connectivity index (χ0v) is 11.0. The van der Waals surface area contributed by atoms with Gasteiger partial charge in [0, 0.05) is 17.2 Å². The van der Waals surface area contributed by atoms with E-state index in [0.717, 1.165) is 25.3 Å². The predicted octanol–water partition coefficient (Wildman–Crippen LogP) is 2.08. The molecule has 0 fully saturated rings. The molecule has 0 unspecified atom stereocenters. The number of hydrogen-bond acceptors (Lipinski definition) is 3. The number of benzene rings is 1. The zero-order valence-electron chi connectivity index (χ0n) is 8.52. The Kier molecular flexibility index (Phi) is 12.3. The van der Waals surface area contributed by atoms with Crippen molar-refractivity contribution >= 4 is 36.6 Å². The summed E-state index contributed by atoms with van der Waals surface area (Å²) in [5, 5.41) is 0. The summed E-state index contributed by atoms with van der Waals surface area (Å²) in [6.07, 6.45) is 0.960. The highest BCUT2D eigenvalue weighted by atomic mass is 35.5. The smallest absolute Gasteiger partial charge is 0.0103 e. The molecule has 0 radical (unpaired) electrons. The molecule has 0 saturated heterocycles. The lowest BCUT2D eigenvalue weighted by atomic mass is 10.2. The third-order valence-corrected chi connectivity index (χ3v) is 2.79. The first kappa shape index (κ1) is 17.5. The van der Waals surface area contributed by atoms with E-state index >= 15 is 0 Å². The van der Waals surface area contributed by atoms with Crippen LogP contribution in [0.4, 0.5) is 0 Å². The molecule has 0 aromatic heterocycles. The van der Waals surface area contributed by atoms with Gasteiger partial charge < -0.3 is 11.5 Å². The molecule has 2 nitrogen and oxygen atoms in total. The van der Waals surface area contributed by atoms with Crippen LogP contribution >= 0.6 is 36.6 Å². The molecule has 1 rings (SSSR count). The Balaban J connectivity index is 0. The average molecular weight is 269 g/mol. The fraction of sp³-hybridized carbons (Fsp3) is 0.400. The van der Waals surface area contributed by atoms with Gasteiger partial charge in [-0.05, 0) is 30.7 Å². The van der Waals surface area contributed by atoms with Crippen LogP contribution < -0.4 is 11.5 Å². The van der Waals surface area contributed by atoms with Crippen LogP contribution in [-0.2, 0) is 6.42 Å². The molecule has 5 heteroatoms. The summed E-state index contributed by atoms with van der Waals surface area (Å²) in [6, 6.07) is 8.52. The van der Waals surface area contributed by atoms with Gasteiger partial charge in [-0.2, -0.15) is 0 Å². The van der Waals surface area contributed by atoms with Crippen molar-refractivity contribution in [2.24, 2.45) is 11.5 Å². The SMILES string of the molecule is Cl.Cl.NCCSc1ccc(CCN)cc1. The van der Waals surface area contributed by atoms with E-state index in [1.807, 2.05) is 0 Å². The second-order valence-electron chi connectivity index (χ2n) is 2.82. The summed E-state index contributed by atoms with van der Waals surface area (Å²) in [4.78, 5) is 1.28. The van der Waals surface area contributed by atoms with Crippen molar-refractivity contribution in [3.63, 3.8) is 0 Å². The van der Waals surface area contributed by atoms with E-state index < -0.39 is 0 Å². The van der Waals surface area contributed by atoms with Crippen LogP contribution in [0, 0.1) is 0 Å². The van der Waals surface area contributed by atoms with E-state index in [4.69, 9.17) is 11.5 Å². The molecule has 0 aliphatic rings. The Morgan fingerprint density at radius 1 is 0.933 bits per heavy atom. The monoisotopic (exact) mass is 268 g/mol. The van der Waals surface area contributed by atoms with E-state index in [1.165, 1.54) is 10.5 Å². The van der Waals surface area contributed by atoms with E-state index in [-0.39, 0.29) is 24.8 Å². The Bertz CT molecular complexity index is 242. The number of nitrogens with two attached hydrogens (primary N) is 2. The van der Waals surface area contributed by atoms with Gasteiger partial charge in [-0.15, -0.1) is 36.6 Å². The Labute approximate surface area is 108 Å². The molecule has 0 aliphatic heterocycles. The Morgan fingerprint density at radius 2 is 1.53 bits per heavy atom. The number of rotatable bonds is 5. The van der Waals surface area contributed by atoms with Crippen LogP contribution in [0.15, 0.2) is 29.2 Å². The normalized spacial score (nSPS) is 8.93. The molecule has 4 N–H and O–H groups in total. The first-order valence-electron chi connectivity index (χ1n) is 4.48. The van der Waals surface area contributed by atoms with Gasteiger partial charge in [0.2, 0.25) is 0 Å². The van der Waals surface area contributed by atoms with E-state index in [9.17, 15) is 0 Å². The minimum Gasteiger partial charge on any atom is -0.330 e. The van der Waals surface area contributed by atoms with Crippen molar-refractivity contribution in [3.05, 3.63) is 29.8 Å². The van der Waals surface area contributed by atoms with Gasteiger partial charge in [0.25, 0.3) is 0 Å². The third-order valence-electron chi connectivity index (χ3n) is 1.74. The van der Waals surface area contributed by atoms with Crippen LogP contribution in [0.2, 0.25) is 0 Å². The number of halogens is 2. The molecule has 0 bridgehead atoms. The first-order valence-corrected chi connectivity index (χ1v) is 5.47. The summed E-state index contributed by atoms with van der Waals surface area (Å²) in [7, 11) is 0. The highest BCUT2D eigenvalue weighted by Crippen LogP contribution is 2.17. The van der Waals surface area contributed by atoms with Crippen LogP contribution in [-0.4, -0.2) is 18.8 Å². The molecule has 0 aliphatic carbocycles. The van der Waals surface area contributed by atoms with E-state index in [2.05, 4.69) is 24.3 Å². The summed E-state index contributed by atoms with van der Waals surface area (Å²) < 4.78 is 0. The van der Waals surface area contributed by atoms with Crippen LogP contribution in [0.3, 0.4) is 0 Å². The minimum absolute atomic E-state index is 0. The average Bonchev–Trinajstić information content (AvgIpc) is 2.17. The molecule has 0 atom stereocenters. The fourth-order valence-electron chi connectivity index (χ4n) is 1.10. The second-order valence-corrected chi connectivity index (χ2v) is 3.99. The van der Waals surface area contributed by atoms with E-state index in [0.29, 0.717) is 0 Å². The van der Waals surface area contributed by atoms with Crippen molar-refractivity contribution in [1.29, 1.82) is 0 Å². The van der Waals surface area contributed by atoms with Crippen molar-refractivity contribution in [1.82, 2.24) is 0 Å². The lowest BCUT2D eigenvalue weighted by Gasteiger charge is -2.01. The number of thioether (sulfide) groups is 1. The Morgan fingerprint density at radius 3 is 2.00 bits per heavy atom. The van der Waals surface area contributed by atoms with Crippen LogP contribution in [0.5, 0.6) is 0 Å². The highest BCUT2D eigenvalue weighted by molar-refractivity contribution is 7.99. The first-order chi connectivity index (χ1) is 6.36. The molecule has 0 heterocycles. The summed E-state index contributed by atoms with van der Waals surface area (Å²) in [5.74, 6) is 0.982. The fourth-order valence-corrected chi connectivity index (χ4v) is 1.78. The molecule has 0 spiro atoms. The van der Waals surface area contributed by atoms with E-state index in [1.54, 1.807) is 11.8 Å². The summed E-state index contributed by atoms with van der Waals surface area (Å²) >= 11 is 1.79. The lowest BCUT2D eigenvalue weighted by Crippen LogP contribution is -2.02. The number of hydrogen-bond donors (Lipinski definition) is 2. The van der Waals surface area contributed by atoms with Crippen molar-refractivity contribution in [2.45, 2.75) is 11.3 Å². The summed E-state index contributed by atoms with van der Waals surface area (Å²) in [5.41, 5.74) is 12.2. The van der Waals surface area contributed by atoms with Gasteiger partial charge in [-0.1, -0.05) is 12.1 Å². The summed E-state index contributed by atoms with van der Waals surface area (Å²) in [6.45, 7) is 1.45. The largest absolute Gasteiger partial charge is 0.330 e. The molecular formula is C10H18Cl2N2S. The lowest BCUT2D eigenvalue weighted by molar-refractivity contribution is 0.966. The maximum atomic E-state index is 5.46. The quantitative estimate of drug-likeness (QED) is 0.805. The van der Waals surface area contributed by atoms with Crippen molar-refractivity contribution in [3.8, 4) is 0 Å². The highest BCUT2D eigenvalue weighted by Gasteiger charge is 1.93. The van der Waals surface area contributed by atoms with Gasteiger partial charge >= 0.3 is 0 Å². The predicted molar refractivity (Wildman–Crippen MR) is 73.5 cm³/mol. The standard InChI is InChI=1S/C10H16N2S.2ClH/c11-6-5-9-1-3-10(4-2-9)13-8-7-12;;/h1-4H,5-8,11-12H2;2*1H. The van der Waals surface area contributed by atoms with Crippen LogP contribution in [0.1, 0.15) is 5.56 Å². The minimum atomic E-state index is 0. The van der Waals surface area contributed by atoms with Crippen molar-refractivity contribution < 1.29 is 0 Å². The molecule has 1 aromatic rings. The maximum absolute atomic E-state index is 5.46. The van der Waals surface area contributed by atoms with Gasteiger partial charge in [0.15, 0.2) is 0 Å². The van der Waals surface area contributed by atoms with Gasteiger partial charge in [0.1, 0.15) is 0 Å². The van der Waals surface area contributed by atoms with Gasteiger partial charge in [0.05, 0.1) is 0 Å². The second kappa shape index (κ2) is 10.6. The van der Waals surface area contributed by atoms with Gasteiger partial charge in [-0.3, -0.25) is 0 Å². The zero-order chi connectivity index (χ0) is 9.52. The topological polar surface area (TPSA) is 52.0 Å². The molecule has 0 saturated carbocycles. The molecule has 15 heavy (non-hydrogen) atoms. The molecule has 0 amide bonds. The van der Waals surface area contributed by atoms with Crippen LogP contribution in [0.25, 0.3) is 0 Å². The molecule has 1 aromatic carbocycles. The Hall–Kier alpha value is 0.0700. The molecule has 88 valence electrons. The molecular weight excluding hydrogens is 251 g/mol.